The van der Waals surface area contributed by atoms with Gasteiger partial charge in [0.15, 0.2) is 11.5 Å². The summed E-state index contributed by atoms with van der Waals surface area (Å²) < 4.78 is 10.8. The van der Waals surface area contributed by atoms with Crippen molar-refractivity contribution in [3.05, 3.63) is 23.8 Å². The van der Waals surface area contributed by atoms with Crippen molar-refractivity contribution < 1.29 is 9.47 Å². The lowest BCUT2D eigenvalue weighted by Gasteiger charge is -2.37. The van der Waals surface area contributed by atoms with Gasteiger partial charge < -0.3 is 14.4 Å². The van der Waals surface area contributed by atoms with E-state index in [1.165, 1.54) is 24.9 Å². The van der Waals surface area contributed by atoms with Crippen LogP contribution in [0.15, 0.2) is 18.2 Å². The molecule has 0 aromatic heterocycles. The summed E-state index contributed by atoms with van der Waals surface area (Å²) in [5, 5.41) is 0. The summed E-state index contributed by atoms with van der Waals surface area (Å²) in [6, 6.07) is 7.03. The molecular formula is C17H27NO2. The summed E-state index contributed by atoms with van der Waals surface area (Å²) in [4.78, 5) is 2.50. The van der Waals surface area contributed by atoms with E-state index in [0.717, 1.165) is 17.9 Å². The maximum Gasteiger partial charge on any atom is 0.161 e. The Labute approximate surface area is 122 Å². The van der Waals surface area contributed by atoms with E-state index in [1.54, 1.807) is 14.2 Å². The van der Waals surface area contributed by atoms with Gasteiger partial charge in [-0.05, 0) is 50.6 Å². The highest BCUT2D eigenvalue weighted by Crippen LogP contribution is 2.45. The van der Waals surface area contributed by atoms with Crippen LogP contribution in [0.1, 0.15) is 38.7 Å². The molecule has 0 aliphatic carbocycles. The number of nitrogens with zero attached hydrogens (tertiary/aromatic N) is 1. The number of hydrogen-bond donors (Lipinski definition) is 0. The maximum absolute atomic E-state index is 5.48. The Kier molecular flexibility index (Phi) is 4.59. The van der Waals surface area contributed by atoms with E-state index < -0.39 is 0 Å². The lowest BCUT2D eigenvalue weighted by Crippen LogP contribution is -2.40. The number of rotatable bonds is 5. The minimum absolute atomic E-state index is 0.239. The van der Waals surface area contributed by atoms with Gasteiger partial charge in [-0.1, -0.05) is 19.9 Å². The first-order chi connectivity index (χ1) is 9.62. The average Bonchev–Trinajstić information content (AvgIpc) is 2.83. The van der Waals surface area contributed by atoms with Crippen molar-refractivity contribution >= 4 is 0 Å². The second-order valence-electron chi connectivity index (χ2n) is 5.73. The summed E-state index contributed by atoms with van der Waals surface area (Å²) in [6.45, 7) is 5.76. The Morgan fingerprint density at radius 3 is 2.45 bits per heavy atom. The maximum atomic E-state index is 5.48. The Balaban J connectivity index is 2.46. The predicted octanol–water partition coefficient (Wildman–Crippen LogP) is 3.47. The van der Waals surface area contributed by atoms with Gasteiger partial charge in [-0.25, -0.2) is 0 Å². The number of hydrogen-bond acceptors (Lipinski definition) is 3. The van der Waals surface area contributed by atoms with Crippen LogP contribution >= 0.6 is 0 Å². The zero-order valence-electron chi connectivity index (χ0n) is 13.4. The fourth-order valence-electron chi connectivity index (χ4n) is 3.92. The number of benzene rings is 1. The third-order valence-corrected chi connectivity index (χ3v) is 5.06. The molecule has 20 heavy (non-hydrogen) atoms. The van der Waals surface area contributed by atoms with Crippen molar-refractivity contribution in [1.29, 1.82) is 0 Å². The number of ether oxygens (including phenoxy) is 2. The molecule has 1 saturated heterocycles. The fourth-order valence-corrected chi connectivity index (χ4v) is 3.92. The Bertz CT molecular complexity index is 460. The van der Waals surface area contributed by atoms with Gasteiger partial charge in [0.25, 0.3) is 0 Å². The van der Waals surface area contributed by atoms with E-state index in [0.29, 0.717) is 6.04 Å². The first kappa shape index (κ1) is 15.2. The molecule has 2 rings (SSSR count). The molecule has 1 aromatic carbocycles. The van der Waals surface area contributed by atoms with Gasteiger partial charge in [-0.3, -0.25) is 0 Å². The predicted molar refractivity (Wildman–Crippen MR) is 82.8 cm³/mol. The van der Waals surface area contributed by atoms with Crippen molar-refractivity contribution in [1.82, 2.24) is 4.90 Å². The molecule has 3 nitrogen and oxygen atoms in total. The third-order valence-electron chi connectivity index (χ3n) is 5.06. The molecule has 0 amide bonds. The number of likely N-dealkylation sites (N-methyl/N-ethyl adjacent to an activating group) is 1. The SMILES string of the molecule is CCC1N(C)CCC1(CC)c1ccc(OC)c(OC)c1. The second-order valence-corrected chi connectivity index (χ2v) is 5.73. The molecule has 0 radical (unpaired) electrons. The van der Waals surface area contributed by atoms with Crippen LogP contribution in [0.4, 0.5) is 0 Å². The molecule has 0 bridgehead atoms. The van der Waals surface area contributed by atoms with E-state index in [9.17, 15) is 0 Å². The van der Waals surface area contributed by atoms with Crippen molar-refractivity contribution in [3.8, 4) is 11.5 Å². The lowest BCUT2D eigenvalue weighted by molar-refractivity contribution is 0.229. The summed E-state index contributed by atoms with van der Waals surface area (Å²) >= 11 is 0. The van der Waals surface area contributed by atoms with Gasteiger partial charge in [0.2, 0.25) is 0 Å². The van der Waals surface area contributed by atoms with Gasteiger partial charge in [-0.15, -0.1) is 0 Å². The molecule has 1 aromatic rings. The lowest BCUT2D eigenvalue weighted by atomic mass is 9.71. The van der Waals surface area contributed by atoms with Crippen molar-refractivity contribution in [2.45, 2.75) is 44.6 Å². The summed E-state index contributed by atoms with van der Waals surface area (Å²) in [5.41, 5.74) is 1.62. The number of methoxy groups -OCH3 is 2. The zero-order chi connectivity index (χ0) is 14.8. The zero-order valence-corrected chi connectivity index (χ0v) is 13.4. The monoisotopic (exact) mass is 277 g/mol. The smallest absolute Gasteiger partial charge is 0.161 e. The van der Waals surface area contributed by atoms with Gasteiger partial charge in [-0.2, -0.15) is 0 Å². The largest absolute Gasteiger partial charge is 0.493 e. The molecular weight excluding hydrogens is 250 g/mol. The fraction of sp³-hybridized carbons (Fsp3) is 0.647. The van der Waals surface area contributed by atoms with E-state index in [2.05, 4.69) is 37.9 Å². The normalized spacial score (nSPS) is 26.8. The molecule has 112 valence electrons. The second kappa shape index (κ2) is 6.04. The van der Waals surface area contributed by atoms with E-state index in [1.807, 2.05) is 6.07 Å². The molecule has 2 atom stereocenters. The summed E-state index contributed by atoms with van der Waals surface area (Å²) in [5.74, 6) is 1.64. The summed E-state index contributed by atoms with van der Waals surface area (Å²) in [6.07, 6.45) is 3.55. The standard InChI is InChI=1S/C17H27NO2/c1-6-16-17(7-2,10-11-18(16)3)13-8-9-14(19-4)15(12-13)20-5/h8-9,12,16H,6-7,10-11H2,1-5H3. The third kappa shape index (κ3) is 2.28. The molecule has 2 unspecified atom stereocenters. The minimum atomic E-state index is 0.239. The van der Waals surface area contributed by atoms with Crippen molar-refractivity contribution in [2.75, 3.05) is 27.8 Å². The van der Waals surface area contributed by atoms with E-state index in [4.69, 9.17) is 9.47 Å². The van der Waals surface area contributed by atoms with Gasteiger partial charge in [0.1, 0.15) is 0 Å². The Morgan fingerprint density at radius 1 is 1.20 bits per heavy atom. The highest BCUT2D eigenvalue weighted by molar-refractivity contribution is 5.46. The van der Waals surface area contributed by atoms with Crippen LogP contribution in [0.2, 0.25) is 0 Å². The molecule has 1 aliphatic heterocycles. The van der Waals surface area contributed by atoms with Gasteiger partial charge >= 0.3 is 0 Å². The van der Waals surface area contributed by atoms with Crippen LogP contribution in [-0.2, 0) is 5.41 Å². The van der Waals surface area contributed by atoms with Crippen molar-refractivity contribution in [3.63, 3.8) is 0 Å². The van der Waals surface area contributed by atoms with E-state index in [-0.39, 0.29) is 5.41 Å². The quantitative estimate of drug-likeness (QED) is 0.822. The number of likely N-dealkylation sites (tertiary alicyclic amines) is 1. The first-order valence-electron chi connectivity index (χ1n) is 7.55. The molecule has 1 heterocycles. The molecule has 0 saturated carbocycles. The Morgan fingerprint density at radius 2 is 1.90 bits per heavy atom. The minimum Gasteiger partial charge on any atom is -0.493 e. The highest BCUT2D eigenvalue weighted by Gasteiger charge is 2.45. The average molecular weight is 277 g/mol. The van der Waals surface area contributed by atoms with Gasteiger partial charge in [0.05, 0.1) is 14.2 Å². The van der Waals surface area contributed by atoms with E-state index >= 15 is 0 Å². The molecule has 1 aliphatic rings. The van der Waals surface area contributed by atoms with Crippen LogP contribution < -0.4 is 9.47 Å². The topological polar surface area (TPSA) is 21.7 Å². The molecule has 1 fully saturated rings. The molecule has 3 heteroatoms. The van der Waals surface area contributed by atoms with Crippen LogP contribution in [-0.4, -0.2) is 38.8 Å². The van der Waals surface area contributed by atoms with Crippen LogP contribution in [0.3, 0.4) is 0 Å². The van der Waals surface area contributed by atoms with Crippen molar-refractivity contribution in [2.24, 2.45) is 0 Å². The highest BCUT2D eigenvalue weighted by atomic mass is 16.5. The molecule has 0 N–H and O–H groups in total. The van der Waals surface area contributed by atoms with Crippen LogP contribution in [0, 0.1) is 0 Å². The van der Waals surface area contributed by atoms with Crippen LogP contribution in [0.5, 0.6) is 11.5 Å². The summed E-state index contributed by atoms with van der Waals surface area (Å²) in [7, 11) is 5.63. The van der Waals surface area contributed by atoms with Gasteiger partial charge in [0, 0.05) is 11.5 Å². The first-order valence-corrected chi connectivity index (χ1v) is 7.55. The Hall–Kier alpha value is -1.22. The molecule has 0 spiro atoms. The van der Waals surface area contributed by atoms with Crippen LogP contribution in [0.25, 0.3) is 0 Å².